The van der Waals surface area contributed by atoms with Crippen molar-refractivity contribution in [3.05, 3.63) is 24.3 Å². The smallest absolute Gasteiger partial charge is 0.0896 e. The molecule has 0 bridgehead atoms. The summed E-state index contributed by atoms with van der Waals surface area (Å²) in [5.41, 5.74) is 1.10. The maximum absolute atomic E-state index is 5.64. The van der Waals surface area contributed by atoms with E-state index >= 15 is 0 Å². The van der Waals surface area contributed by atoms with Gasteiger partial charge in [-0.05, 0) is 13.8 Å². The van der Waals surface area contributed by atoms with Crippen LogP contribution in [0, 0.1) is 0 Å². The molecule has 1 unspecified atom stereocenters. The van der Waals surface area contributed by atoms with Gasteiger partial charge in [0.1, 0.15) is 0 Å². The molecular weight excluding hydrogens is 160 g/mol. The highest BCUT2D eigenvalue weighted by molar-refractivity contribution is 6.18. The van der Waals surface area contributed by atoms with E-state index in [0.29, 0.717) is 12.5 Å². The summed E-state index contributed by atoms with van der Waals surface area (Å²) in [7, 11) is 0. The lowest BCUT2D eigenvalue weighted by Crippen LogP contribution is -2.11. The Morgan fingerprint density at radius 3 is 2.73 bits per heavy atom. The Morgan fingerprint density at radius 2 is 2.36 bits per heavy atom. The van der Waals surface area contributed by atoms with Gasteiger partial charge < -0.3 is 4.74 Å². The highest BCUT2D eigenvalue weighted by atomic mass is 35.5. The first-order chi connectivity index (χ1) is 5.24. The molecule has 0 saturated heterocycles. The average Bonchev–Trinajstić information content (AvgIpc) is 2.03. The predicted octanol–water partition coefficient (Wildman–Crippen LogP) is 2.76. The third kappa shape index (κ3) is 5.05. The minimum absolute atomic E-state index is 0.0275. The van der Waals surface area contributed by atoms with Crippen LogP contribution in [0.2, 0.25) is 0 Å². The second-order valence-corrected chi connectivity index (χ2v) is 2.57. The third-order valence-corrected chi connectivity index (χ3v) is 1.61. The SMILES string of the molecule is C=C/C(C)=C/C(CCl)OCC. The fourth-order valence-electron chi connectivity index (χ4n) is 0.713. The largest absolute Gasteiger partial charge is 0.373 e. The van der Waals surface area contributed by atoms with E-state index in [-0.39, 0.29) is 6.10 Å². The van der Waals surface area contributed by atoms with Crippen molar-refractivity contribution >= 4 is 11.6 Å². The van der Waals surface area contributed by atoms with Crippen molar-refractivity contribution in [2.75, 3.05) is 12.5 Å². The van der Waals surface area contributed by atoms with Crippen LogP contribution in [-0.4, -0.2) is 18.6 Å². The van der Waals surface area contributed by atoms with Gasteiger partial charge in [0.05, 0.1) is 12.0 Å². The Kier molecular flexibility index (Phi) is 6.28. The van der Waals surface area contributed by atoms with Gasteiger partial charge in [0.2, 0.25) is 0 Å². The van der Waals surface area contributed by atoms with E-state index in [1.54, 1.807) is 6.08 Å². The van der Waals surface area contributed by atoms with Gasteiger partial charge in [-0.1, -0.05) is 24.3 Å². The lowest BCUT2D eigenvalue weighted by Gasteiger charge is -2.09. The molecule has 0 rings (SSSR count). The lowest BCUT2D eigenvalue weighted by atomic mass is 10.2. The van der Waals surface area contributed by atoms with Crippen LogP contribution in [0.4, 0.5) is 0 Å². The molecule has 0 aliphatic heterocycles. The van der Waals surface area contributed by atoms with Crippen LogP contribution in [0.25, 0.3) is 0 Å². The van der Waals surface area contributed by atoms with E-state index in [9.17, 15) is 0 Å². The van der Waals surface area contributed by atoms with E-state index < -0.39 is 0 Å². The normalized spacial score (nSPS) is 14.6. The topological polar surface area (TPSA) is 9.23 Å². The molecule has 1 atom stereocenters. The summed E-state index contributed by atoms with van der Waals surface area (Å²) >= 11 is 5.64. The molecule has 0 radical (unpaired) electrons. The van der Waals surface area contributed by atoms with Crippen LogP contribution in [0.5, 0.6) is 0 Å². The molecule has 0 heterocycles. The van der Waals surface area contributed by atoms with E-state index in [2.05, 4.69) is 6.58 Å². The van der Waals surface area contributed by atoms with Crippen molar-refractivity contribution < 1.29 is 4.74 Å². The fraction of sp³-hybridized carbons (Fsp3) is 0.556. The summed E-state index contributed by atoms with van der Waals surface area (Å²) in [4.78, 5) is 0. The van der Waals surface area contributed by atoms with E-state index in [0.717, 1.165) is 5.57 Å². The first kappa shape index (κ1) is 10.7. The monoisotopic (exact) mass is 174 g/mol. The summed E-state index contributed by atoms with van der Waals surface area (Å²) in [5, 5.41) is 0. The van der Waals surface area contributed by atoms with Crippen molar-refractivity contribution in [2.24, 2.45) is 0 Å². The maximum atomic E-state index is 5.64. The van der Waals surface area contributed by atoms with Crippen molar-refractivity contribution in [1.29, 1.82) is 0 Å². The average molecular weight is 175 g/mol. The van der Waals surface area contributed by atoms with Gasteiger partial charge in [-0.15, -0.1) is 11.6 Å². The second-order valence-electron chi connectivity index (χ2n) is 2.26. The molecule has 11 heavy (non-hydrogen) atoms. The Morgan fingerprint density at radius 1 is 1.73 bits per heavy atom. The number of allylic oxidation sites excluding steroid dienone is 2. The minimum Gasteiger partial charge on any atom is -0.373 e. The van der Waals surface area contributed by atoms with Crippen molar-refractivity contribution in [1.82, 2.24) is 0 Å². The highest BCUT2D eigenvalue weighted by Gasteiger charge is 2.00. The molecule has 64 valence electrons. The van der Waals surface area contributed by atoms with Crippen molar-refractivity contribution in [2.45, 2.75) is 20.0 Å². The van der Waals surface area contributed by atoms with E-state index in [1.807, 2.05) is 19.9 Å². The van der Waals surface area contributed by atoms with Crippen LogP contribution in [0.1, 0.15) is 13.8 Å². The number of alkyl halides is 1. The maximum Gasteiger partial charge on any atom is 0.0896 e. The van der Waals surface area contributed by atoms with Gasteiger partial charge in [-0.3, -0.25) is 0 Å². The molecular formula is C9H15ClO. The van der Waals surface area contributed by atoms with E-state index in [1.165, 1.54) is 0 Å². The zero-order chi connectivity index (χ0) is 8.69. The molecule has 0 fully saturated rings. The number of ether oxygens (including phenoxy) is 1. The second kappa shape index (κ2) is 6.44. The summed E-state index contributed by atoms with van der Waals surface area (Å²) < 4.78 is 5.31. The summed E-state index contributed by atoms with van der Waals surface area (Å²) in [6.07, 6.45) is 3.79. The van der Waals surface area contributed by atoms with Gasteiger partial charge in [0.25, 0.3) is 0 Å². The molecule has 0 aliphatic rings. The van der Waals surface area contributed by atoms with E-state index in [4.69, 9.17) is 16.3 Å². The number of hydrogen-bond acceptors (Lipinski definition) is 1. The number of halogens is 1. The van der Waals surface area contributed by atoms with Crippen LogP contribution in [0.15, 0.2) is 24.3 Å². The zero-order valence-electron chi connectivity index (χ0n) is 7.14. The highest BCUT2D eigenvalue weighted by Crippen LogP contribution is 2.02. The Bertz CT molecular complexity index is 140. The van der Waals surface area contributed by atoms with Gasteiger partial charge >= 0.3 is 0 Å². The Hall–Kier alpha value is -0.270. The molecule has 0 amide bonds. The Labute approximate surface area is 73.7 Å². The zero-order valence-corrected chi connectivity index (χ0v) is 7.90. The van der Waals surface area contributed by atoms with Crippen LogP contribution in [0.3, 0.4) is 0 Å². The third-order valence-electron chi connectivity index (χ3n) is 1.30. The first-order valence-electron chi connectivity index (χ1n) is 3.73. The van der Waals surface area contributed by atoms with Crippen molar-refractivity contribution in [3.63, 3.8) is 0 Å². The fourth-order valence-corrected chi connectivity index (χ4v) is 0.891. The number of hydrogen-bond donors (Lipinski definition) is 0. The molecule has 0 spiro atoms. The molecule has 0 aliphatic carbocycles. The van der Waals surface area contributed by atoms with Crippen LogP contribution < -0.4 is 0 Å². The van der Waals surface area contributed by atoms with Gasteiger partial charge in [0.15, 0.2) is 0 Å². The molecule has 0 saturated carbocycles. The quantitative estimate of drug-likeness (QED) is 0.460. The molecule has 2 heteroatoms. The molecule has 0 aromatic rings. The minimum atomic E-state index is 0.0275. The summed E-state index contributed by atoms with van der Waals surface area (Å²) in [5.74, 6) is 0.499. The Balaban J connectivity index is 3.93. The summed E-state index contributed by atoms with van der Waals surface area (Å²) in [6.45, 7) is 8.27. The van der Waals surface area contributed by atoms with Gasteiger partial charge in [-0.25, -0.2) is 0 Å². The molecule has 0 N–H and O–H groups in total. The summed E-state index contributed by atoms with van der Waals surface area (Å²) in [6, 6.07) is 0. The standard InChI is InChI=1S/C9H15ClO/c1-4-8(3)6-9(7-10)11-5-2/h4,6,9H,1,5,7H2,2-3H3/b8-6+. The molecule has 0 aromatic carbocycles. The van der Waals surface area contributed by atoms with Gasteiger partial charge in [0, 0.05) is 6.61 Å². The lowest BCUT2D eigenvalue weighted by molar-refractivity contribution is 0.111. The predicted molar refractivity (Wildman–Crippen MR) is 50.1 cm³/mol. The first-order valence-corrected chi connectivity index (χ1v) is 4.26. The van der Waals surface area contributed by atoms with Crippen LogP contribution in [-0.2, 0) is 4.74 Å². The van der Waals surface area contributed by atoms with Gasteiger partial charge in [-0.2, -0.15) is 0 Å². The number of rotatable bonds is 5. The van der Waals surface area contributed by atoms with Crippen LogP contribution >= 0.6 is 11.6 Å². The molecule has 1 nitrogen and oxygen atoms in total. The molecule has 0 aromatic heterocycles. The van der Waals surface area contributed by atoms with Crippen molar-refractivity contribution in [3.8, 4) is 0 Å².